The lowest BCUT2D eigenvalue weighted by atomic mass is 9.85. The number of aryl methyl sites for hydroxylation is 2. The van der Waals surface area contributed by atoms with Gasteiger partial charge in [0.15, 0.2) is 24.8 Å². The van der Waals surface area contributed by atoms with E-state index >= 15 is 0 Å². The molecule has 4 heterocycles. The predicted octanol–water partition coefficient (Wildman–Crippen LogP) is 4.61. The van der Waals surface area contributed by atoms with E-state index in [2.05, 4.69) is 23.0 Å². The van der Waals surface area contributed by atoms with Gasteiger partial charge in [-0.25, -0.2) is 9.13 Å². The molecule has 212 valence electrons. The molecule has 2 aromatic carbocycles. The number of imide groups is 2. The lowest BCUT2D eigenvalue weighted by Gasteiger charge is -2.32. The van der Waals surface area contributed by atoms with Gasteiger partial charge < -0.3 is 0 Å². The zero-order valence-electron chi connectivity index (χ0n) is 24.0. The highest BCUT2D eigenvalue weighted by molar-refractivity contribution is 6.33. The highest BCUT2D eigenvalue weighted by Gasteiger charge is 2.39. The van der Waals surface area contributed by atoms with E-state index in [9.17, 15) is 19.2 Å². The summed E-state index contributed by atoms with van der Waals surface area (Å²) in [7, 11) is 0. The number of benzene rings is 2. The predicted molar refractivity (Wildman–Crippen MR) is 155 cm³/mol. The number of amides is 4. The minimum Gasteiger partial charge on any atom is -0.270 e. The topological polar surface area (TPSA) is 82.5 Å². The Morgan fingerprint density at radius 2 is 0.810 bits per heavy atom. The van der Waals surface area contributed by atoms with Crippen LogP contribution in [-0.2, 0) is 26.2 Å². The lowest BCUT2D eigenvalue weighted by Crippen LogP contribution is -2.43. The lowest BCUT2D eigenvalue weighted by molar-refractivity contribution is -0.697. The van der Waals surface area contributed by atoms with E-state index in [0.717, 1.165) is 49.9 Å². The van der Waals surface area contributed by atoms with Crippen LogP contribution in [0.25, 0.3) is 10.8 Å². The number of aromatic nitrogens is 2. The number of pyridine rings is 2. The molecule has 0 bridgehead atoms. The first-order chi connectivity index (χ1) is 20.4. The standard InChI is InChI=1S/C34H34N4O4/c1-3-5-15-35-17-11-23(12-18-35)21-37-31(39)25-7-9-27-30-28(10-8-26(29(25)30)32(37)40)34(42)38(33(27)41)22-24-13-19-36(20-14-24)16-6-4-2/h7-14,17-20H,3-6,15-16,21-22H2,1-2H3/q+2. The van der Waals surface area contributed by atoms with Crippen LogP contribution in [0.4, 0.5) is 0 Å². The van der Waals surface area contributed by atoms with Crippen LogP contribution in [0.3, 0.4) is 0 Å². The number of hydrogen-bond acceptors (Lipinski definition) is 4. The van der Waals surface area contributed by atoms with Crippen LogP contribution in [0.2, 0.25) is 0 Å². The van der Waals surface area contributed by atoms with Gasteiger partial charge in [0, 0.05) is 70.1 Å². The second-order valence-corrected chi connectivity index (χ2v) is 11.1. The van der Waals surface area contributed by atoms with E-state index in [0.29, 0.717) is 33.0 Å². The molecule has 0 saturated heterocycles. The Labute approximate surface area is 244 Å². The van der Waals surface area contributed by atoms with Crippen molar-refractivity contribution in [1.29, 1.82) is 0 Å². The monoisotopic (exact) mass is 562 g/mol. The molecule has 6 rings (SSSR count). The molecule has 4 amide bonds. The molecule has 4 aromatic rings. The summed E-state index contributed by atoms with van der Waals surface area (Å²) in [4.78, 5) is 57.0. The van der Waals surface area contributed by atoms with Crippen molar-refractivity contribution >= 4 is 34.4 Å². The number of carbonyl (C=O) groups excluding carboxylic acids is 4. The minimum absolute atomic E-state index is 0.137. The average Bonchev–Trinajstić information content (AvgIpc) is 3.02. The minimum atomic E-state index is -0.429. The smallest absolute Gasteiger partial charge is 0.261 e. The first kappa shape index (κ1) is 27.4. The normalized spacial score (nSPS) is 14.3. The second kappa shape index (κ2) is 11.3. The third-order valence-electron chi connectivity index (χ3n) is 8.20. The first-order valence-electron chi connectivity index (χ1n) is 14.7. The maximum atomic E-state index is 13.6. The summed E-state index contributed by atoms with van der Waals surface area (Å²) < 4.78 is 4.17. The molecular weight excluding hydrogens is 528 g/mol. The van der Waals surface area contributed by atoms with E-state index < -0.39 is 23.6 Å². The van der Waals surface area contributed by atoms with Crippen molar-refractivity contribution in [2.45, 2.75) is 65.7 Å². The quantitative estimate of drug-likeness (QED) is 0.209. The van der Waals surface area contributed by atoms with Crippen molar-refractivity contribution in [3.63, 3.8) is 0 Å². The molecule has 2 aromatic heterocycles. The third kappa shape index (κ3) is 4.76. The van der Waals surface area contributed by atoms with Gasteiger partial charge in [0.2, 0.25) is 0 Å². The largest absolute Gasteiger partial charge is 0.270 e. The molecule has 8 heteroatoms. The molecule has 0 atom stereocenters. The van der Waals surface area contributed by atoms with Crippen LogP contribution in [0, 0.1) is 0 Å². The van der Waals surface area contributed by atoms with Crippen molar-refractivity contribution in [3.05, 3.63) is 107 Å². The second-order valence-electron chi connectivity index (χ2n) is 11.1. The van der Waals surface area contributed by atoms with Gasteiger partial charge in [-0.3, -0.25) is 29.0 Å². The van der Waals surface area contributed by atoms with Gasteiger partial charge in [0.05, 0.1) is 13.1 Å². The summed E-state index contributed by atoms with van der Waals surface area (Å²) in [5.74, 6) is -1.72. The van der Waals surface area contributed by atoms with Gasteiger partial charge >= 0.3 is 0 Å². The van der Waals surface area contributed by atoms with Crippen molar-refractivity contribution in [2.75, 3.05) is 0 Å². The fourth-order valence-electron chi connectivity index (χ4n) is 5.79. The summed E-state index contributed by atoms with van der Waals surface area (Å²) in [5, 5.41) is 0.777. The van der Waals surface area contributed by atoms with Crippen LogP contribution in [0.5, 0.6) is 0 Å². The molecule has 0 N–H and O–H groups in total. The zero-order valence-corrected chi connectivity index (χ0v) is 24.0. The molecule has 42 heavy (non-hydrogen) atoms. The van der Waals surface area contributed by atoms with E-state index in [1.165, 1.54) is 9.80 Å². The number of unbranched alkanes of at least 4 members (excludes halogenated alkanes) is 2. The van der Waals surface area contributed by atoms with Crippen LogP contribution in [0.1, 0.15) is 92.1 Å². The Morgan fingerprint density at radius 3 is 1.10 bits per heavy atom. The summed E-state index contributed by atoms with van der Waals surface area (Å²) in [6, 6.07) is 14.2. The summed E-state index contributed by atoms with van der Waals surface area (Å²) in [5.41, 5.74) is 2.99. The summed E-state index contributed by atoms with van der Waals surface area (Å²) in [6.45, 7) is 6.39. The van der Waals surface area contributed by atoms with Crippen LogP contribution in [-0.4, -0.2) is 33.4 Å². The van der Waals surface area contributed by atoms with Crippen molar-refractivity contribution in [3.8, 4) is 0 Å². The van der Waals surface area contributed by atoms with E-state index in [4.69, 9.17) is 0 Å². The van der Waals surface area contributed by atoms with Gasteiger partial charge in [0.1, 0.15) is 13.1 Å². The molecule has 0 radical (unpaired) electrons. The van der Waals surface area contributed by atoms with Gasteiger partial charge in [-0.05, 0) is 35.4 Å². The van der Waals surface area contributed by atoms with Crippen LogP contribution < -0.4 is 9.13 Å². The van der Waals surface area contributed by atoms with Gasteiger partial charge in [-0.15, -0.1) is 0 Å². The molecule has 0 unspecified atom stereocenters. The van der Waals surface area contributed by atoms with E-state index in [1.54, 1.807) is 24.3 Å². The van der Waals surface area contributed by atoms with Gasteiger partial charge in [-0.2, -0.15) is 0 Å². The summed E-state index contributed by atoms with van der Waals surface area (Å²) >= 11 is 0. The molecule has 0 aliphatic carbocycles. The Kier molecular flexibility index (Phi) is 7.37. The van der Waals surface area contributed by atoms with E-state index in [-0.39, 0.29) is 13.1 Å². The highest BCUT2D eigenvalue weighted by Crippen LogP contribution is 2.38. The molecular formula is C34H34N4O4+2. The number of rotatable bonds is 10. The zero-order chi connectivity index (χ0) is 29.4. The van der Waals surface area contributed by atoms with Crippen LogP contribution >= 0.6 is 0 Å². The fraction of sp³-hybridized carbons (Fsp3) is 0.294. The first-order valence-corrected chi connectivity index (χ1v) is 14.7. The maximum absolute atomic E-state index is 13.6. The molecule has 2 aliphatic rings. The summed E-state index contributed by atoms with van der Waals surface area (Å²) in [6.07, 6.45) is 12.2. The molecule has 0 saturated carbocycles. The van der Waals surface area contributed by atoms with Gasteiger partial charge in [0.25, 0.3) is 23.6 Å². The Morgan fingerprint density at radius 1 is 0.500 bits per heavy atom. The van der Waals surface area contributed by atoms with Crippen molar-refractivity contribution in [1.82, 2.24) is 9.80 Å². The molecule has 2 aliphatic heterocycles. The van der Waals surface area contributed by atoms with E-state index in [1.807, 2.05) is 49.1 Å². The molecule has 0 spiro atoms. The fourth-order valence-corrected chi connectivity index (χ4v) is 5.79. The van der Waals surface area contributed by atoms with Gasteiger partial charge in [-0.1, -0.05) is 26.7 Å². The average molecular weight is 563 g/mol. The SMILES string of the molecule is CCCC[n+]1ccc(CN2C(=O)c3ccc4c5c(ccc(c35)C2=O)C(=O)N(Cc2cc[n+](CCCC)cc2)C4=O)cc1. The van der Waals surface area contributed by atoms with Crippen molar-refractivity contribution in [2.24, 2.45) is 0 Å². The Balaban J connectivity index is 1.29. The third-order valence-corrected chi connectivity index (χ3v) is 8.20. The molecule has 8 nitrogen and oxygen atoms in total. The number of nitrogens with zero attached hydrogens (tertiary/aromatic N) is 4. The van der Waals surface area contributed by atoms with Crippen molar-refractivity contribution < 1.29 is 28.3 Å². The highest BCUT2D eigenvalue weighted by atomic mass is 16.2. The number of carbonyl (C=O) groups is 4. The van der Waals surface area contributed by atoms with Crippen LogP contribution in [0.15, 0.2) is 73.3 Å². The maximum Gasteiger partial charge on any atom is 0.261 e. The Hall–Kier alpha value is -4.72. The Bertz CT molecular complexity index is 1530. The molecule has 0 fully saturated rings. The number of hydrogen-bond donors (Lipinski definition) is 0.